The van der Waals surface area contributed by atoms with E-state index in [1.54, 1.807) is 0 Å². The van der Waals surface area contributed by atoms with Crippen molar-refractivity contribution < 1.29 is 4.74 Å². The average molecular weight is 238 g/mol. The molecule has 0 fully saturated rings. The van der Waals surface area contributed by atoms with Gasteiger partial charge in [0.05, 0.1) is 17.4 Å². The third kappa shape index (κ3) is 2.92. The molecule has 16 heavy (non-hydrogen) atoms. The van der Waals surface area contributed by atoms with E-state index in [-0.39, 0.29) is 6.10 Å². The van der Waals surface area contributed by atoms with Gasteiger partial charge in [-0.05, 0) is 27.2 Å². The Morgan fingerprint density at radius 3 is 2.69 bits per heavy atom. The van der Waals surface area contributed by atoms with Crippen molar-refractivity contribution in [2.24, 2.45) is 5.73 Å². The van der Waals surface area contributed by atoms with E-state index in [1.807, 2.05) is 26.8 Å². The first-order chi connectivity index (χ1) is 7.45. The molecule has 1 rings (SSSR count). The minimum atomic E-state index is 0.147. The molecular weight excluding hydrogens is 220 g/mol. The zero-order chi connectivity index (χ0) is 12.3. The number of thiocarbonyl (C=S) groups is 1. The number of pyridine rings is 1. The molecule has 1 aromatic heterocycles. The van der Waals surface area contributed by atoms with Gasteiger partial charge in [0, 0.05) is 11.8 Å². The van der Waals surface area contributed by atoms with E-state index >= 15 is 0 Å². The van der Waals surface area contributed by atoms with E-state index in [2.05, 4.69) is 11.9 Å². The highest BCUT2D eigenvalue weighted by Crippen LogP contribution is 2.23. The molecule has 0 saturated carbocycles. The molecule has 3 nitrogen and oxygen atoms in total. The van der Waals surface area contributed by atoms with Crippen LogP contribution in [0.3, 0.4) is 0 Å². The number of aryl methyl sites for hydroxylation is 2. The normalized spacial score (nSPS) is 12.2. The highest BCUT2D eigenvalue weighted by molar-refractivity contribution is 7.80. The van der Waals surface area contributed by atoms with Gasteiger partial charge in [-0.15, -0.1) is 0 Å². The fraction of sp³-hybridized carbons (Fsp3) is 0.500. The summed E-state index contributed by atoms with van der Waals surface area (Å²) in [4.78, 5) is 4.68. The third-order valence-corrected chi connectivity index (χ3v) is 2.65. The Labute approximate surface area is 102 Å². The standard InChI is InChI=1S/C12H18N2OS/c1-5-8(3)15-10-6-7(2)14-9(4)11(10)12(13)16/h6,8H,5H2,1-4H3,(H2,13,16). The van der Waals surface area contributed by atoms with E-state index in [0.29, 0.717) is 4.99 Å². The van der Waals surface area contributed by atoms with Crippen molar-refractivity contribution in [2.45, 2.75) is 40.2 Å². The number of ether oxygens (including phenoxy) is 1. The zero-order valence-corrected chi connectivity index (χ0v) is 11.0. The van der Waals surface area contributed by atoms with Crippen LogP contribution in [0, 0.1) is 13.8 Å². The molecular formula is C12H18N2OS. The first-order valence-corrected chi connectivity index (χ1v) is 5.81. The fourth-order valence-corrected chi connectivity index (χ4v) is 1.73. The largest absolute Gasteiger partial charge is 0.490 e. The van der Waals surface area contributed by atoms with E-state index in [1.165, 1.54) is 0 Å². The molecule has 0 aliphatic heterocycles. The summed E-state index contributed by atoms with van der Waals surface area (Å²) in [6.07, 6.45) is 1.09. The molecule has 0 aliphatic rings. The van der Waals surface area contributed by atoms with Crippen molar-refractivity contribution in [3.8, 4) is 5.75 Å². The van der Waals surface area contributed by atoms with Gasteiger partial charge in [-0.3, -0.25) is 4.98 Å². The van der Waals surface area contributed by atoms with Gasteiger partial charge in [0.25, 0.3) is 0 Å². The van der Waals surface area contributed by atoms with E-state index in [9.17, 15) is 0 Å². The number of nitrogens with two attached hydrogens (primary N) is 1. The van der Waals surface area contributed by atoms with Gasteiger partial charge in [-0.2, -0.15) is 0 Å². The van der Waals surface area contributed by atoms with Gasteiger partial charge < -0.3 is 10.5 Å². The van der Waals surface area contributed by atoms with Crippen LogP contribution >= 0.6 is 12.2 Å². The van der Waals surface area contributed by atoms with Gasteiger partial charge in [0.15, 0.2) is 0 Å². The number of hydrogen-bond donors (Lipinski definition) is 1. The minimum absolute atomic E-state index is 0.147. The molecule has 88 valence electrons. The molecule has 0 saturated heterocycles. The second-order valence-electron chi connectivity index (χ2n) is 3.92. The van der Waals surface area contributed by atoms with Gasteiger partial charge >= 0.3 is 0 Å². The highest BCUT2D eigenvalue weighted by atomic mass is 32.1. The summed E-state index contributed by atoms with van der Waals surface area (Å²) in [6.45, 7) is 7.92. The lowest BCUT2D eigenvalue weighted by Crippen LogP contribution is -2.18. The molecule has 1 aromatic rings. The molecule has 1 unspecified atom stereocenters. The minimum Gasteiger partial charge on any atom is -0.490 e. The molecule has 1 atom stereocenters. The number of rotatable bonds is 4. The first kappa shape index (κ1) is 12.9. The predicted molar refractivity (Wildman–Crippen MR) is 70.0 cm³/mol. The highest BCUT2D eigenvalue weighted by Gasteiger charge is 2.14. The summed E-state index contributed by atoms with van der Waals surface area (Å²) in [5, 5.41) is 0. The first-order valence-electron chi connectivity index (χ1n) is 5.40. The summed E-state index contributed by atoms with van der Waals surface area (Å²) in [5.41, 5.74) is 8.18. The maximum atomic E-state index is 5.81. The summed E-state index contributed by atoms with van der Waals surface area (Å²) >= 11 is 5.03. The lowest BCUT2D eigenvalue weighted by Gasteiger charge is -2.17. The van der Waals surface area contributed by atoms with Crippen molar-refractivity contribution in [1.29, 1.82) is 0 Å². The average Bonchev–Trinajstić information content (AvgIpc) is 2.15. The Bertz CT molecular complexity index is 404. The van der Waals surface area contributed by atoms with Crippen LogP contribution < -0.4 is 10.5 Å². The van der Waals surface area contributed by atoms with Crippen LogP contribution in [-0.2, 0) is 0 Å². The lowest BCUT2D eigenvalue weighted by molar-refractivity contribution is 0.216. The van der Waals surface area contributed by atoms with Crippen LogP contribution in [0.1, 0.15) is 37.2 Å². The van der Waals surface area contributed by atoms with Gasteiger partial charge in [0.2, 0.25) is 0 Å². The molecule has 0 bridgehead atoms. The Morgan fingerprint density at radius 1 is 1.56 bits per heavy atom. The lowest BCUT2D eigenvalue weighted by atomic mass is 10.1. The van der Waals surface area contributed by atoms with Crippen molar-refractivity contribution in [3.63, 3.8) is 0 Å². The van der Waals surface area contributed by atoms with Crippen molar-refractivity contribution in [3.05, 3.63) is 23.0 Å². The molecule has 0 aromatic carbocycles. The Hall–Kier alpha value is -1.16. The molecule has 0 aliphatic carbocycles. The van der Waals surface area contributed by atoms with E-state index < -0.39 is 0 Å². The van der Waals surface area contributed by atoms with Gasteiger partial charge in [-0.1, -0.05) is 19.1 Å². The molecule has 4 heteroatoms. The van der Waals surface area contributed by atoms with Gasteiger partial charge in [0.1, 0.15) is 10.7 Å². The molecule has 0 amide bonds. The van der Waals surface area contributed by atoms with Crippen molar-refractivity contribution in [2.75, 3.05) is 0 Å². The van der Waals surface area contributed by atoms with Gasteiger partial charge in [-0.25, -0.2) is 0 Å². The van der Waals surface area contributed by atoms with Crippen LogP contribution in [0.5, 0.6) is 5.75 Å². The van der Waals surface area contributed by atoms with Crippen molar-refractivity contribution >= 4 is 17.2 Å². The Morgan fingerprint density at radius 2 is 2.19 bits per heavy atom. The zero-order valence-electron chi connectivity index (χ0n) is 10.2. The summed E-state index contributed by atoms with van der Waals surface area (Å²) in [6, 6.07) is 1.88. The van der Waals surface area contributed by atoms with Crippen LogP contribution in [-0.4, -0.2) is 16.1 Å². The fourth-order valence-electron chi connectivity index (χ4n) is 1.49. The van der Waals surface area contributed by atoms with E-state index in [0.717, 1.165) is 29.1 Å². The van der Waals surface area contributed by atoms with Crippen LogP contribution in [0.2, 0.25) is 0 Å². The monoisotopic (exact) mass is 238 g/mol. The second-order valence-corrected chi connectivity index (χ2v) is 4.36. The predicted octanol–water partition coefficient (Wildman–Crippen LogP) is 2.51. The molecule has 0 spiro atoms. The smallest absolute Gasteiger partial charge is 0.133 e. The SMILES string of the molecule is CCC(C)Oc1cc(C)nc(C)c1C(N)=S. The molecule has 0 radical (unpaired) electrons. The topological polar surface area (TPSA) is 48.1 Å². The summed E-state index contributed by atoms with van der Waals surface area (Å²) < 4.78 is 5.81. The Balaban J connectivity index is 3.19. The quantitative estimate of drug-likeness (QED) is 0.819. The van der Waals surface area contributed by atoms with Crippen molar-refractivity contribution in [1.82, 2.24) is 4.98 Å². The summed E-state index contributed by atoms with van der Waals surface area (Å²) in [7, 11) is 0. The molecule has 2 N–H and O–H groups in total. The summed E-state index contributed by atoms with van der Waals surface area (Å²) in [5.74, 6) is 0.742. The number of nitrogens with zero attached hydrogens (tertiary/aromatic N) is 1. The van der Waals surface area contributed by atoms with Crippen LogP contribution in [0.15, 0.2) is 6.07 Å². The number of hydrogen-bond acceptors (Lipinski definition) is 3. The van der Waals surface area contributed by atoms with Crippen LogP contribution in [0.4, 0.5) is 0 Å². The third-order valence-electron chi connectivity index (χ3n) is 2.44. The second kappa shape index (κ2) is 5.25. The van der Waals surface area contributed by atoms with Crippen LogP contribution in [0.25, 0.3) is 0 Å². The molecule has 1 heterocycles. The van der Waals surface area contributed by atoms with E-state index in [4.69, 9.17) is 22.7 Å². The number of aromatic nitrogens is 1. The Kier molecular flexibility index (Phi) is 4.24. The maximum absolute atomic E-state index is 5.81. The maximum Gasteiger partial charge on any atom is 0.133 e.